The molecule has 0 atom stereocenters. The van der Waals surface area contributed by atoms with Gasteiger partial charge in [0.05, 0.1) is 6.26 Å². The average molecular weight is 182 g/mol. The Hall–Kier alpha value is -1.03. The number of nitrogens with zero attached hydrogens (tertiary/aromatic N) is 1. The molecule has 2 aliphatic heterocycles. The van der Waals surface area contributed by atoms with Gasteiger partial charge in [-0.2, -0.15) is 0 Å². The van der Waals surface area contributed by atoms with E-state index in [1.54, 1.807) is 4.90 Å². The van der Waals surface area contributed by atoms with Crippen LogP contribution in [0.25, 0.3) is 0 Å². The van der Waals surface area contributed by atoms with Gasteiger partial charge in [-0.05, 0) is 32.0 Å². The molecular weight excluding hydrogens is 168 g/mol. The lowest BCUT2D eigenvalue weighted by molar-refractivity contribution is 0.105. The number of hydrogen-bond donors (Lipinski definition) is 1. The molecule has 2 heterocycles. The summed E-state index contributed by atoms with van der Waals surface area (Å²) in [6.45, 7) is 2.69. The largest absolute Gasteiger partial charge is 0.418 e. The smallest absolute Gasteiger partial charge is 0.415 e. The zero-order valence-electron chi connectivity index (χ0n) is 7.53. The van der Waals surface area contributed by atoms with Crippen LogP contribution in [0.1, 0.15) is 12.8 Å². The average Bonchev–Trinajstić information content (AvgIpc) is 2.20. The summed E-state index contributed by atoms with van der Waals surface area (Å²) in [5.74, 6) is 0. The molecule has 0 aromatic carbocycles. The number of carbonyl (C=O) groups excluding carboxylic acids is 1. The molecule has 0 bridgehead atoms. The highest BCUT2D eigenvalue weighted by Gasteiger charge is 2.26. The van der Waals surface area contributed by atoms with E-state index in [2.05, 4.69) is 5.32 Å². The molecule has 0 aromatic heterocycles. The SMILES string of the molecule is O=C1OC=CCN1C1CCNCC1. The van der Waals surface area contributed by atoms with E-state index in [9.17, 15) is 4.79 Å². The molecule has 0 saturated carbocycles. The molecule has 1 fully saturated rings. The molecule has 0 aromatic rings. The molecular formula is C9H14N2O2. The second-order valence-corrected chi connectivity index (χ2v) is 3.39. The second-order valence-electron chi connectivity index (χ2n) is 3.39. The molecule has 0 unspecified atom stereocenters. The van der Waals surface area contributed by atoms with Crippen LogP contribution in [0.2, 0.25) is 0 Å². The Morgan fingerprint density at radius 1 is 1.46 bits per heavy atom. The van der Waals surface area contributed by atoms with Gasteiger partial charge in [0.1, 0.15) is 0 Å². The molecule has 72 valence electrons. The molecule has 4 nitrogen and oxygen atoms in total. The van der Waals surface area contributed by atoms with Crippen molar-refractivity contribution in [3.63, 3.8) is 0 Å². The molecule has 1 saturated heterocycles. The van der Waals surface area contributed by atoms with Crippen molar-refractivity contribution in [1.29, 1.82) is 0 Å². The number of nitrogens with one attached hydrogen (secondary N) is 1. The fourth-order valence-corrected chi connectivity index (χ4v) is 1.82. The number of carbonyl (C=O) groups is 1. The molecule has 4 heteroatoms. The summed E-state index contributed by atoms with van der Waals surface area (Å²) < 4.78 is 4.83. The van der Waals surface area contributed by atoms with Crippen molar-refractivity contribution in [1.82, 2.24) is 10.2 Å². The molecule has 2 aliphatic rings. The van der Waals surface area contributed by atoms with Crippen LogP contribution in [0.4, 0.5) is 4.79 Å². The fourth-order valence-electron chi connectivity index (χ4n) is 1.82. The molecule has 1 amide bonds. The summed E-state index contributed by atoms with van der Waals surface area (Å²) in [5.41, 5.74) is 0. The van der Waals surface area contributed by atoms with Crippen LogP contribution >= 0.6 is 0 Å². The number of amides is 1. The highest BCUT2D eigenvalue weighted by molar-refractivity contribution is 5.69. The van der Waals surface area contributed by atoms with Crippen molar-refractivity contribution < 1.29 is 9.53 Å². The van der Waals surface area contributed by atoms with E-state index in [1.807, 2.05) is 6.08 Å². The van der Waals surface area contributed by atoms with E-state index in [4.69, 9.17) is 4.74 Å². The summed E-state index contributed by atoms with van der Waals surface area (Å²) in [5, 5.41) is 3.27. The highest BCUT2D eigenvalue weighted by Crippen LogP contribution is 2.15. The molecule has 1 N–H and O–H groups in total. The van der Waals surface area contributed by atoms with Gasteiger partial charge in [-0.3, -0.25) is 0 Å². The number of hydrogen-bond acceptors (Lipinski definition) is 3. The van der Waals surface area contributed by atoms with E-state index >= 15 is 0 Å². The zero-order valence-corrected chi connectivity index (χ0v) is 7.53. The number of ether oxygens (including phenoxy) is 1. The van der Waals surface area contributed by atoms with Crippen LogP contribution < -0.4 is 5.32 Å². The lowest BCUT2D eigenvalue weighted by atomic mass is 10.1. The lowest BCUT2D eigenvalue weighted by Gasteiger charge is -2.34. The van der Waals surface area contributed by atoms with E-state index in [0.717, 1.165) is 25.9 Å². The Morgan fingerprint density at radius 3 is 2.92 bits per heavy atom. The van der Waals surface area contributed by atoms with Gasteiger partial charge < -0.3 is 15.0 Å². The minimum Gasteiger partial charge on any atom is -0.418 e. The number of rotatable bonds is 1. The van der Waals surface area contributed by atoms with Crippen molar-refractivity contribution in [2.75, 3.05) is 19.6 Å². The van der Waals surface area contributed by atoms with Crippen LogP contribution in [0, 0.1) is 0 Å². The molecule has 13 heavy (non-hydrogen) atoms. The van der Waals surface area contributed by atoms with E-state index in [-0.39, 0.29) is 6.09 Å². The van der Waals surface area contributed by atoms with Crippen molar-refractivity contribution in [2.24, 2.45) is 0 Å². The number of piperidine rings is 1. The lowest BCUT2D eigenvalue weighted by Crippen LogP contribution is -2.47. The monoisotopic (exact) mass is 182 g/mol. The molecule has 0 radical (unpaired) electrons. The van der Waals surface area contributed by atoms with Crippen LogP contribution in [0.15, 0.2) is 12.3 Å². The topological polar surface area (TPSA) is 41.6 Å². The van der Waals surface area contributed by atoms with Crippen LogP contribution in [0.5, 0.6) is 0 Å². The summed E-state index contributed by atoms with van der Waals surface area (Å²) in [6, 6.07) is 0.360. The van der Waals surface area contributed by atoms with Crippen LogP contribution in [-0.2, 0) is 4.74 Å². The van der Waals surface area contributed by atoms with Gasteiger partial charge in [-0.1, -0.05) is 0 Å². The second kappa shape index (κ2) is 3.79. The van der Waals surface area contributed by atoms with Crippen molar-refractivity contribution in [2.45, 2.75) is 18.9 Å². The first-order chi connectivity index (χ1) is 6.38. The van der Waals surface area contributed by atoms with Crippen molar-refractivity contribution in [3.05, 3.63) is 12.3 Å². The third-order valence-corrected chi connectivity index (χ3v) is 2.55. The molecule has 0 spiro atoms. The predicted molar refractivity (Wildman–Crippen MR) is 48.2 cm³/mol. The van der Waals surface area contributed by atoms with Gasteiger partial charge >= 0.3 is 6.09 Å². The van der Waals surface area contributed by atoms with Crippen molar-refractivity contribution >= 4 is 6.09 Å². The van der Waals surface area contributed by atoms with Gasteiger partial charge in [0.25, 0.3) is 0 Å². The van der Waals surface area contributed by atoms with Crippen LogP contribution in [0.3, 0.4) is 0 Å². The predicted octanol–water partition coefficient (Wildman–Crippen LogP) is 0.704. The van der Waals surface area contributed by atoms with Gasteiger partial charge in [0.2, 0.25) is 0 Å². The first kappa shape index (κ1) is 8.56. The Bertz CT molecular complexity index is 222. The number of cyclic esters (lactones) is 1. The quantitative estimate of drug-likeness (QED) is 0.649. The third-order valence-electron chi connectivity index (χ3n) is 2.55. The normalized spacial score (nSPS) is 24.6. The maximum absolute atomic E-state index is 11.3. The highest BCUT2D eigenvalue weighted by atomic mass is 16.5. The Balaban J connectivity index is 1.97. The standard InChI is InChI=1S/C9H14N2O2/c12-9-11(6-1-7-13-9)8-2-4-10-5-3-8/h1,7-8,10H,2-6H2. The summed E-state index contributed by atoms with van der Waals surface area (Å²) in [7, 11) is 0. The van der Waals surface area contributed by atoms with Crippen molar-refractivity contribution in [3.8, 4) is 0 Å². The van der Waals surface area contributed by atoms with E-state index in [0.29, 0.717) is 12.6 Å². The summed E-state index contributed by atoms with van der Waals surface area (Å²) in [6.07, 6.45) is 5.21. The van der Waals surface area contributed by atoms with E-state index < -0.39 is 0 Å². The summed E-state index contributed by atoms with van der Waals surface area (Å²) >= 11 is 0. The van der Waals surface area contributed by atoms with Crippen LogP contribution in [-0.4, -0.2) is 36.7 Å². The first-order valence-corrected chi connectivity index (χ1v) is 4.71. The van der Waals surface area contributed by atoms with E-state index in [1.165, 1.54) is 6.26 Å². The Morgan fingerprint density at radius 2 is 2.23 bits per heavy atom. The van der Waals surface area contributed by atoms with Gasteiger partial charge in [0, 0.05) is 12.6 Å². The minimum absolute atomic E-state index is 0.200. The first-order valence-electron chi connectivity index (χ1n) is 4.71. The zero-order chi connectivity index (χ0) is 9.10. The van der Waals surface area contributed by atoms with Gasteiger partial charge in [0.15, 0.2) is 0 Å². The Kier molecular flexibility index (Phi) is 2.49. The Labute approximate surface area is 77.5 Å². The summed E-state index contributed by atoms with van der Waals surface area (Å²) in [4.78, 5) is 13.1. The maximum Gasteiger partial charge on any atom is 0.415 e. The molecule has 0 aliphatic carbocycles. The third kappa shape index (κ3) is 1.83. The fraction of sp³-hybridized carbons (Fsp3) is 0.667. The maximum atomic E-state index is 11.3. The minimum atomic E-state index is -0.200. The molecule has 2 rings (SSSR count). The van der Waals surface area contributed by atoms with Gasteiger partial charge in [-0.25, -0.2) is 4.79 Å². The van der Waals surface area contributed by atoms with Gasteiger partial charge in [-0.15, -0.1) is 0 Å².